The van der Waals surface area contributed by atoms with Crippen molar-refractivity contribution in [2.45, 2.75) is 5.16 Å². The van der Waals surface area contributed by atoms with Crippen LogP contribution in [0.15, 0.2) is 5.16 Å². The Labute approximate surface area is 63.7 Å². The summed E-state index contributed by atoms with van der Waals surface area (Å²) in [7, 11) is -1.10. The lowest BCUT2D eigenvalue weighted by Gasteiger charge is -1.78. The standard InChI is InChI=1S/C3H3ClN2OS2/c1-9(7)3-5-2(4)8-6-3/h1H3. The van der Waals surface area contributed by atoms with Gasteiger partial charge in [-0.25, -0.2) is 0 Å². The predicted molar refractivity (Wildman–Crippen MR) is 37.3 cm³/mol. The molecular weight excluding hydrogens is 180 g/mol. The van der Waals surface area contributed by atoms with Gasteiger partial charge in [-0.1, -0.05) is 0 Å². The van der Waals surface area contributed by atoms with Crippen molar-refractivity contribution < 1.29 is 4.21 Å². The van der Waals surface area contributed by atoms with Crippen LogP contribution in [0.3, 0.4) is 0 Å². The van der Waals surface area contributed by atoms with E-state index in [0.29, 0.717) is 9.62 Å². The number of hydrogen-bond acceptors (Lipinski definition) is 4. The van der Waals surface area contributed by atoms with Crippen LogP contribution in [-0.4, -0.2) is 19.8 Å². The molecule has 9 heavy (non-hydrogen) atoms. The first-order valence-electron chi connectivity index (χ1n) is 2.03. The SMILES string of the molecule is CS(=O)c1nsc(Cl)n1. The van der Waals surface area contributed by atoms with E-state index >= 15 is 0 Å². The van der Waals surface area contributed by atoms with E-state index in [4.69, 9.17) is 11.6 Å². The maximum atomic E-state index is 10.6. The van der Waals surface area contributed by atoms with Crippen LogP contribution < -0.4 is 0 Å². The van der Waals surface area contributed by atoms with Gasteiger partial charge in [0.25, 0.3) is 0 Å². The lowest BCUT2D eigenvalue weighted by Crippen LogP contribution is -1.88. The molecule has 0 saturated heterocycles. The van der Waals surface area contributed by atoms with Gasteiger partial charge in [-0.3, -0.25) is 4.21 Å². The average molecular weight is 183 g/mol. The minimum atomic E-state index is -1.10. The number of halogens is 1. The van der Waals surface area contributed by atoms with Crippen molar-refractivity contribution >= 4 is 33.9 Å². The molecule has 0 aliphatic rings. The van der Waals surface area contributed by atoms with Gasteiger partial charge < -0.3 is 0 Å². The molecule has 0 aliphatic carbocycles. The van der Waals surface area contributed by atoms with Gasteiger partial charge >= 0.3 is 0 Å². The maximum Gasteiger partial charge on any atom is 0.231 e. The molecule has 1 aromatic heterocycles. The van der Waals surface area contributed by atoms with Crippen LogP contribution in [0, 0.1) is 0 Å². The predicted octanol–water partition coefficient (Wildman–Crippen LogP) is 0.929. The van der Waals surface area contributed by atoms with E-state index in [-0.39, 0.29) is 0 Å². The number of hydrogen-bond donors (Lipinski definition) is 0. The van der Waals surface area contributed by atoms with E-state index in [1.165, 1.54) is 6.26 Å². The van der Waals surface area contributed by atoms with Crippen molar-refractivity contribution in [3.05, 3.63) is 4.47 Å². The van der Waals surface area contributed by atoms with Crippen molar-refractivity contribution in [1.29, 1.82) is 0 Å². The Bertz CT molecular complexity index is 235. The second-order valence-electron chi connectivity index (χ2n) is 1.28. The van der Waals surface area contributed by atoms with Gasteiger partial charge in [0.2, 0.25) is 9.62 Å². The van der Waals surface area contributed by atoms with E-state index < -0.39 is 10.8 Å². The topological polar surface area (TPSA) is 42.9 Å². The smallest absolute Gasteiger partial charge is 0.231 e. The molecule has 1 rings (SSSR count). The van der Waals surface area contributed by atoms with Crippen molar-refractivity contribution in [2.75, 3.05) is 6.26 Å². The highest BCUT2D eigenvalue weighted by molar-refractivity contribution is 7.84. The van der Waals surface area contributed by atoms with E-state index in [9.17, 15) is 4.21 Å². The molecule has 0 radical (unpaired) electrons. The van der Waals surface area contributed by atoms with Gasteiger partial charge in [-0.2, -0.15) is 9.36 Å². The normalized spacial score (nSPS) is 13.6. The second-order valence-corrected chi connectivity index (χ2v) is 3.89. The average Bonchev–Trinajstić information content (AvgIpc) is 2.14. The molecule has 0 N–H and O–H groups in total. The fourth-order valence-electron chi connectivity index (χ4n) is 0.309. The zero-order valence-corrected chi connectivity index (χ0v) is 6.89. The minimum Gasteiger partial charge on any atom is -0.251 e. The molecule has 1 heterocycles. The monoisotopic (exact) mass is 182 g/mol. The summed E-state index contributed by atoms with van der Waals surface area (Å²) in [5.41, 5.74) is 0. The molecule has 6 heteroatoms. The quantitative estimate of drug-likeness (QED) is 0.649. The first-order valence-corrected chi connectivity index (χ1v) is 4.73. The Kier molecular flexibility index (Phi) is 2.15. The number of aromatic nitrogens is 2. The van der Waals surface area contributed by atoms with Crippen molar-refractivity contribution in [3.8, 4) is 0 Å². The van der Waals surface area contributed by atoms with Crippen LogP contribution in [0.2, 0.25) is 4.47 Å². The maximum absolute atomic E-state index is 10.6. The van der Waals surface area contributed by atoms with Crippen molar-refractivity contribution in [3.63, 3.8) is 0 Å². The molecular formula is C3H3ClN2OS2. The number of rotatable bonds is 1. The van der Waals surface area contributed by atoms with Gasteiger partial charge in [0.05, 0.1) is 10.8 Å². The summed E-state index contributed by atoms with van der Waals surface area (Å²) in [6, 6.07) is 0. The van der Waals surface area contributed by atoms with Crippen LogP contribution in [-0.2, 0) is 10.8 Å². The van der Waals surface area contributed by atoms with Crippen LogP contribution in [0.1, 0.15) is 0 Å². The molecule has 0 aromatic carbocycles. The molecule has 0 aliphatic heterocycles. The van der Waals surface area contributed by atoms with Crippen molar-refractivity contribution in [1.82, 2.24) is 9.36 Å². The van der Waals surface area contributed by atoms with E-state index in [1.807, 2.05) is 0 Å². The van der Waals surface area contributed by atoms with Gasteiger partial charge in [-0.05, 0) is 23.1 Å². The largest absolute Gasteiger partial charge is 0.251 e. The highest BCUT2D eigenvalue weighted by atomic mass is 35.5. The summed E-state index contributed by atoms with van der Waals surface area (Å²) in [5, 5.41) is 0.310. The first kappa shape index (κ1) is 7.11. The minimum absolute atomic E-state index is 0.310. The molecule has 0 fully saturated rings. The van der Waals surface area contributed by atoms with Crippen molar-refractivity contribution in [2.24, 2.45) is 0 Å². The van der Waals surface area contributed by atoms with Crippen LogP contribution >= 0.6 is 23.1 Å². The lowest BCUT2D eigenvalue weighted by atomic mass is 11.3. The molecule has 0 saturated carbocycles. The molecule has 1 aromatic rings. The molecule has 0 bridgehead atoms. The van der Waals surface area contributed by atoms with E-state index in [0.717, 1.165) is 11.5 Å². The molecule has 0 amide bonds. The summed E-state index contributed by atoms with van der Waals surface area (Å²) in [6.45, 7) is 0. The second kappa shape index (κ2) is 2.72. The highest BCUT2D eigenvalue weighted by Gasteiger charge is 2.03. The summed E-state index contributed by atoms with van der Waals surface area (Å²) in [6.07, 6.45) is 1.51. The Balaban J connectivity index is 2.98. The van der Waals surface area contributed by atoms with Gasteiger partial charge in [0, 0.05) is 6.26 Å². The van der Waals surface area contributed by atoms with Crippen LogP contribution in [0.25, 0.3) is 0 Å². The van der Waals surface area contributed by atoms with Crippen LogP contribution in [0.5, 0.6) is 0 Å². The Morgan fingerprint density at radius 3 is 2.67 bits per heavy atom. The summed E-state index contributed by atoms with van der Waals surface area (Å²) in [4.78, 5) is 3.68. The molecule has 1 atom stereocenters. The first-order chi connectivity index (χ1) is 4.20. The zero-order chi connectivity index (χ0) is 6.85. The molecule has 3 nitrogen and oxygen atoms in total. The number of nitrogens with zero attached hydrogens (tertiary/aromatic N) is 2. The Hall–Kier alpha value is -0.0000000000000000833. The molecule has 50 valence electrons. The lowest BCUT2D eigenvalue weighted by molar-refractivity contribution is 0.682. The Morgan fingerprint density at radius 2 is 2.44 bits per heavy atom. The third kappa shape index (κ3) is 1.70. The summed E-state index contributed by atoms with van der Waals surface area (Å²) >= 11 is 6.46. The summed E-state index contributed by atoms with van der Waals surface area (Å²) in [5.74, 6) is 0. The third-order valence-electron chi connectivity index (χ3n) is 0.640. The molecule has 1 unspecified atom stereocenters. The van der Waals surface area contributed by atoms with Gasteiger partial charge in [-0.15, -0.1) is 0 Å². The highest BCUT2D eigenvalue weighted by Crippen LogP contribution is 2.11. The van der Waals surface area contributed by atoms with Crippen LogP contribution in [0.4, 0.5) is 0 Å². The fraction of sp³-hybridized carbons (Fsp3) is 0.333. The summed E-state index contributed by atoms with van der Waals surface area (Å²) < 4.78 is 14.6. The Morgan fingerprint density at radius 1 is 1.78 bits per heavy atom. The van der Waals surface area contributed by atoms with E-state index in [1.54, 1.807) is 0 Å². The zero-order valence-electron chi connectivity index (χ0n) is 4.50. The van der Waals surface area contributed by atoms with E-state index in [2.05, 4.69) is 9.36 Å². The fourth-order valence-corrected chi connectivity index (χ4v) is 1.67. The van der Waals surface area contributed by atoms with Gasteiger partial charge in [0.1, 0.15) is 0 Å². The molecule has 0 spiro atoms. The van der Waals surface area contributed by atoms with Gasteiger partial charge in [0.15, 0.2) is 0 Å². The third-order valence-corrected chi connectivity index (χ3v) is 2.25.